The van der Waals surface area contributed by atoms with Gasteiger partial charge in [0.2, 0.25) is 0 Å². The van der Waals surface area contributed by atoms with Crippen LogP contribution in [0.1, 0.15) is 38.0 Å². The van der Waals surface area contributed by atoms with Crippen LogP contribution in [-0.4, -0.2) is 11.1 Å². The quantitative estimate of drug-likeness (QED) is 0.880. The summed E-state index contributed by atoms with van der Waals surface area (Å²) in [5, 5.41) is 9.36. The van der Waals surface area contributed by atoms with E-state index in [-0.39, 0.29) is 17.3 Å². The van der Waals surface area contributed by atoms with Crippen LogP contribution in [0.2, 0.25) is 0 Å². The van der Waals surface area contributed by atoms with Crippen molar-refractivity contribution >= 4 is 33.2 Å². The number of rotatable bonds is 3. The minimum absolute atomic E-state index is 0.168. The number of halogens is 1. The Morgan fingerprint density at radius 1 is 1.56 bits per heavy atom. The van der Waals surface area contributed by atoms with Gasteiger partial charge in [-0.15, -0.1) is 11.3 Å². The molecule has 1 aliphatic rings. The molecule has 2 nitrogen and oxygen atoms in total. The van der Waals surface area contributed by atoms with Crippen LogP contribution in [0.4, 0.5) is 0 Å². The second kappa shape index (κ2) is 5.33. The topological polar surface area (TPSA) is 37.3 Å². The summed E-state index contributed by atoms with van der Waals surface area (Å²) in [4.78, 5) is 12.7. The molecule has 0 spiro atoms. The zero-order valence-corrected chi connectivity index (χ0v) is 13.2. The van der Waals surface area contributed by atoms with Crippen LogP contribution in [-0.2, 0) is 11.2 Å². The molecule has 4 heteroatoms. The highest BCUT2D eigenvalue weighted by Gasteiger charge is 2.38. The van der Waals surface area contributed by atoms with Crippen molar-refractivity contribution in [1.82, 2.24) is 0 Å². The molecule has 1 fully saturated rings. The summed E-state index contributed by atoms with van der Waals surface area (Å²) >= 11 is 5.18. The van der Waals surface area contributed by atoms with Gasteiger partial charge in [-0.1, -0.05) is 13.8 Å². The molecular weight excluding hydrogens is 312 g/mol. The highest BCUT2D eigenvalue weighted by molar-refractivity contribution is 9.11. The van der Waals surface area contributed by atoms with Crippen LogP contribution in [0.3, 0.4) is 0 Å². The number of aliphatic carboxylic acids is 1. The van der Waals surface area contributed by atoms with Gasteiger partial charge in [0.25, 0.3) is 0 Å². The number of carboxylic acids is 1. The van der Waals surface area contributed by atoms with Crippen LogP contribution in [0, 0.1) is 17.3 Å². The third-order valence-corrected chi connectivity index (χ3v) is 5.57. The summed E-state index contributed by atoms with van der Waals surface area (Å²) in [5.74, 6) is -0.512. The SMILES string of the molecule is CC1(C)CCC(C(=O)O)C(Cc2ccc(Br)s2)C1. The molecule has 0 radical (unpaired) electrons. The van der Waals surface area contributed by atoms with Crippen molar-refractivity contribution in [1.29, 1.82) is 0 Å². The maximum Gasteiger partial charge on any atom is 0.306 e. The fourth-order valence-electron chi connectivity index (χ4n) is 3.00. The van der Waals surface area contributed by atoms with Gasteiger partial charge in [-0.05, 0) is 65.1 Å². The van der Waals surface area contributed by atoms with Crippen LogP contribution in [0.5, 0.6) is 0 Å². The van der Waals surface area contributed by atoms with Gasteiger partial charge in [-0.3, -0.25) is 4.79 Å². The molecule has 0 bridgehead atoms. The van der Waals surface area contributed by atoms with E-state index in [9.17, 15) is 9.90 Å². The monoisotopic (exact) mass is 330 g/mol. The molecule has 1 saturated carbocycles. The van der Waals surface area contributed by atoms with Crippen molar-refractivity contribution in [3.8, 4) is 0 Å². The Morgan fingerprint density at radius 2 is 2.28 bits per heavy atom. The molecule has 0 aromatic carbocycles. The number of hydrogen-bond acceptors (Lipinski definition) is 2. The first-order valence-corrected chi connectivity index (χ1v) is 7.95. The summed E-state index contributed by atoms with van der Waals surface area (Å²) in [5.41, 5.74) is 0.283. The van der Waals surface area contributed by atoms with Crippen molar-refractivity contribution in [3.63, 3.8) is 0 Å². The molecule has 1 aromatic heterocycles. The van der Waals surface area contributed by atoms with Gasteiger partial charge in [-0.25, -0.2) is 0 Å². The normalized spacial score (nSPS) is 27.1. The van der Waals surface area contributed by atoms with E-state index in [0.29, 0.717) is 0 Å². The Hall–Kier alpha value is -0.350. The van der Waals surface area contributed by atoms with Crippen molar-refractivity contribution in [3.05, 3.63) is 20.8 Å². The molecule has 2 unspecified atom stereocenters. The molecule has 100 valence electrons. The summed E-state index contributed by atoms with van der Waals surface area (Å²) in [6.45, 7) is 4.50. The van der Waals surface area contributed by atoms with E-state index in [0.717, 1.165) is 29.5 Å². The summed E-state index contributed by atoms with van der Waals surface area (Å²) in [7, 11) is 0. The third-order valence-electron chi connectivity index (χ3n) is 3.93. The Bertz CT molecular complexity index is 439. The van der Waals surface area contributed by atoms with Crippen LogP contribution >= 0.6 is 27.3 Å². The minimum Gasteiger partial charge on any atom is -0.481 e. The molecule has 18 heavy (non-hydrogen) atoms. The predicted octanol–water partition coefficient (Wildman–Crippen LogP) is 4.58. The molecule has 0 aliphatic heterocycles. The van der Waals surface area contributed by atoms with Crippen LogP contribution < -0.4 is 0 Å². The Morgan fingerprint density at radius 3 is 2.83 bits per heavy atom. The lowest BCUT2D eigenvalue weighted by Gasteiger charge is -2.39. The van der Waals surface area contributed by atoms with Gasteiger partial charge >= 0.3 is 5.97 Å². The molecule has 0 saturated heterocycles. The van der Waals surface area contributed by atoms with E-state index in [1.807, 2.05) is 6.07 Å². The molecule has 1 heterocycles. The number of hydrogen-bond donors (Lipinski definition) is 1. The first kappa shape index (κ1) is 14.1. The fraction of sp³-hybridized carbons (Fsp3) is 0.643. The Kier molecular flexibility index (Phi) is 4.17. The van der Waals surface area contributed by atoms with Gasteiger partial charge in [0.1, 0.15) is 0 Å². The van der Waals surface area contributed by atoms with Gasteiger partial charge < -0.3 is 5.11 Å². The predicted molar refractivity (Wildman–Crippen MR) is 78.0 cm³/mol. The number of carbonyl (C=O) groups is 1. The lowest BCUT2D eigenvalue weighted by Crippen LogP contribution is -2.35. The average Bonchev–Trinajstić information content (AvgIpc) is 2.62. The first-order chi connectivity index (χ1) is 8.37. The van der Waals surface area contributed by atoms with Crippen molar-refractivity contribution in [2.75, 3.05) is 0 Å². The van der Waals surface area contributed by atoms with Gasteiger partial charge in [-0.2, -0.15) is 0 Å². The highest BCUT2D eigenvalue weighted by atomic mass is 79.9. The smallest absolute Gasteiger partial charge is 0.306 e. The highest BCUT2D eigenvalue weighted by Crippen LogP contribution is 2.44. The Labute approximate surface area is 121 Å². The zero-order chi connectivity index (χ0) is 13.3. The summed E-state index contributed by atoms with van der Waals surface area (Å²) < 4.78 is 1.12. The molecule has 2 atom stereocenters. The fourth-order valence-corrected chi connectivity index (χ4v) is 4.57. The zero-order valence-electron chi connectivity index (χ0n) is 10.8. The summed E-state index contributed by atoms with van der Waals surface area (Å²) in [6.07, 6.45) is 3.75. The third kappa shape index (κ3) is 3.35. The van der Waals surface area contributed by atoms with E-state index in [2.05, 4.69) is 35.8 Å². The molecule has 2 rings (SSSR count). The minimum atomic E-state index is -0.619. The standard InChI is InChI=1S/C14H19BrO2S/c1-14(2)6-5-11(13(16)17)9(8-14)7-10-3-4-12(15)18-10/h3-4,9,11H,5-8H2,1-2H3,(H,16,17). The van der Waals surface area contributed by atoms with E-state index in [1.165, 1.54) is 4.88 Å². The lowest BCUT2D eigenvalue weighted by molar-refractivity contribution is -0.146. The van der Waals surface area contributed by atoms with E-state index in [1.54, 1.807) is 11.3 Å². The maximum atomic E-state index is 11.4. The second-order valence-electron chi connectivity index (χ2n) is 6.02. The molecule has 1 aromatic rings. The number of carboxylic acid groups (broad SMARTS) is 1. The van der Waals surface area contributed by atoms with Crippen molar-refractivity contribution < 1.29 is 9.90 Å². The van der Waals surface area contributed by atoms with Crippen molar-refractivity contribution in [2.45, 2.75) is 39.5 Å². The second-order valence-corrected chi connectivity index (χ2v) is 8.57. The van der Waals surface area contributed by atoms with Crippen LogP contribution in [0.25, 0.3) is 0 Å². The lowest BCUT2D eigenvalue weighted by atomic mass is 9.66. The van der Waals surface area contributed by atoms with E-state index >= 15 is 0 Å². The van der Waals surface area contributed by atoms with E-state index < -0.39 is 5.97 Å². The van der Waals surface area contributed by atoms with Gasteiger partial charge in [0, 0.05) is 4.88 Å². The van der Waals surface area contributed by atoms with Gasteiger partial charge in [0.05, 0.1) is 9.70 Å². The molecule has 1 N–H and O–H groups in total. The van der Waals surface area contributed by atoms with Gasteiger partial charge in [0.15, 0.2) is 0 Å². The molecule has 1 aliphatic carbocycles. The maximum absolute atomic E-state index is 11.4. The number of thiophene rings is 1. The average molecular weight is 331 g/mol. The first-order valence-electron chi connectivity index (χ1n) is 6.34. The largest absolute Gasteiger partial charge is 0.481 e. The van der Waals surface area contributed by atoms with E-state index in [4.69, 9.17) is 0 Å². The summed E-state index contributed by atoms with van der Waals surface area (Å²) in [6, 6.07) is 4.15. The van der Waals surface area contributed by atoms with Crippen LogP contribution in [0.15, 0.2) is 15.9 Å². The Balaban J connectivity index is 2.12. The molecule has 0 amide bonds. The van der Waals surface area contributed by atoms with Crippen molar-refractivity contribution in [2.24, 2.45) is 17.3 Å². The molecular formula is C14H19BrO2S.